The van der Waals surface area contributed by atoms with Gasteiger partial charge >= 0.3 is 0 Å². The number of fused-ring (bicyclic) bond motifs is 9. The van der Waals surface area contributed by atoms with E-state index in [1.165, 1.54) is 109 Å². The molecule has 0 atom stereocenters. The molecule has 0 spiro atoms. The summed E-state index contributed by atoms with van der Waals surface area (Å²) in [6.45, 7) is 6.33. The monoisotopic (exact) mass is 690 g/mol. The lowest BCUT2D eigenvalue weighted by atomic mass is 9.85. The molecule has 2 aromatic heterocycles. The van der Waals surface area contributed by atoms with Crippen LogP contribution >= 0.6 is 0 Å². The van der Waals surface area contributed by atoms with E-state index in [1.54, 1.807) is 0 Å². The van der Waals surface area contributed by atoms with Gasteiger partial charge in [-0.2, -0.15) is 0 Å². The van der Waals surface area contributed by atoms with Gasteiger partial charge in [0, 0.05) is 56.8 Å². The van der Waals surface area contributed by atoms with Gasteiger partial charge in [0.2, 0.25) is 0 Å². The lowest BCUT2D eigenvalue weighted by molar-refractivity contribution is 0.828. The molecule has 256 valence electrons. The maximum absolute atomic E-state index is 2.50. The second-order valence-corrected chi connectivity index (χ2v) is 14.5. The highest BCUT2D eigenvalue weighted by Gasteiger charge is 2.21. The third-order valence-electron chi connectivity index (χ3n) is 11.9. The van der Waals surface area contributed by atoms with E-state index in [4.69, 9.17) is 0 Å². The minimum Gasteiger partial charge on any atom is -0.340 e. The van der Waals surface area contributed by atoms with Crippen LogP contribution in [0.4, 0.5) is 0 Å². The van der Waals surface area contributed by atoms with Crippen molar-refractivity contribution in [3.8, 4) is 33.4 Å². The first-order valence-electron chi connectivity index (χ1n) is 19.2. The van der Waals surface area contributed by atoms with Crippen molar-refractivity contribution in [3.63, 3.8) is 0 Å². The molecule has 0 aliphatic rings. The molecule has 0 saturated heterocycles. The summed E-state index contributed by atoms with van der Waals surface area (Å²) in [5, 5.41) is 12.8. The molecule has 0 aliphatic heterocycles. The van der Waals surface area contributed by atoms with Crippen LogP contribution in [0.25, 0.3) is 109 Å². The number of aromatic nitrogens is 2. The highest BCUT2D eigenvalue weighted by molar-refractivity contribution is 6.23. The van der Waals surface area contributed by atoms with E-state index in [2.05, 4.69) is 193 Å². The summed E-state index contributed by atoms with van der Waals surface area (Å²) in [6.07, 6.45) is 0. The van der Waals surface area contributed by atoms with Gasteiger partial charge in [0.1, 0.15) is 0 Å². The van der Waals surface area contributed by atoms with Gasteiger partial charge in [-0.3, -0.25) is 0 Å². The third-order valence-corrected chi connectivity index (χ3v) is 11.9. The van der Waals surface area contributed by atoms with Crippen LogP contribution in [0.1, 0.15) is 13.8 Å². The Morgan fingerprint density at radius 2 is 0.778 bits per heavy atom. The minimum absolute atomic E-state index is 0.899. The topological polar surface area (TPSA) is 9.86 Å². The fourth-order valence-electron chi connectivity index (χ4n) is 9.60. The summed E-state index contributed by atoms with van der Waals surface area (Å²) in [7, 11) is 0. The highest BCUT2D eigenvalue weighted by Crippen LogP contribution is 2.47. The summed E-state index contributed by atoms with van der Waals surface area (Å²) in [4.78, 5) is 0. The number of hydrogen-bond acceptors (Lipinski definition) is 0. The molecule has 11 rings (SSSR count). The van der Waals surface area contributed by atoms with E-state index in [1.807, 2.05) is 0 Å². The van der Waals surface area contributed by atoms with Gasteiger partial charge in [0.25, 0.3) is 0 Å². The average molecular weight is 691 g/mol. The molecule has 0 saturated carbocycles. The molecule has 0 N–H and O–H groups in total. The van der Waals surface area contributed by atoms with E-state index in [9.17, 15) is 0 Å². The van der Waals surface area contributed by atoms with Crippen LogP contribution in [0.5, 0.6) is 0 Å². The predicted octanol–water partition coefficient (Wildman–Crippen LogP) is 14.4. The van der Waals surface area contributed by atoms with Crippen molar-refractivity contribution in [2.45, 2.75) is 26.9 Å². The van der Waals surface area contributed by atoms with Gasteiger partial charge in [-0.05, 0) is 92.7 Å². The molecule has 11 aromatic rings. The lowest BCUT2D eigenvalue weighted by Crippen LogP contribution is -1.97. The maximum atomic E-state index is 2.50. The van der Waals surface area contributed by atoms with Gasteiger partial charge in [0.05, 0.1) is 11.0 Å². The second-order valence-electron chi connectivity index (χ2n) is 14.5. The van der Waals surface area contributed by atoms with E-state index in [-0.39, 0.29) is 0 Å². The summed E-state index contributed by atoms with van der Waals surface area (Å²) in [5.41, 5.74) is 12.7. The molecule has 2 heteroatoms. The molecular weight excluding hydrogens is 653 g/mol. The van der Waals surface area contributed by atoms with Crippen molar-refractivity contribution >= 4 is 75.9 Å². The van der Waals surface area contributed by atoms with Crippen LogP contribution in [0.15, 0.2) is 170 Å². The third kappa shape index (κ3) is 4.34. The van der Waals surface area contributed by atoms with Gasteiger partial charge in [0.15, 0.2) is 0 Å². The molecule has 9 aromatic carbocycles. The Kier molecular flexibility index (Phi) is 6.84. The Morgan fingerprint density at radius 1 is 0.333 bits per heavy atom. The highest BCUT2D eigenvalue weighted by atomic mass is 15.0. The van der Waals surface area contributed by atoms with Crippen LogP contribution in [0, 0.1) is 0 Å². The van der Waals surface area contributed by atoms with Crippen molar-refractivity contribution in [3.05, 3.63) is 170 Å². The largest absolute Gasteiger partial charge is 0.340 e. The van der Waals surface area contributed by atoms with Crippen LogP contribution < -0.4 is 0 Å². The molecule has 0 radical (unpaired) electrons. The molecule has 0 fully saturated rings. The van der Waals surface area contributed by atoms with E-state index < -0.39 is 0 Å². The Labute approximate surface area is 314 Å². The SMILES string of the molecule is CCn1c2ccccc2c2cccc(-c3cccc4c(-c5ccc6ccccc6c5)c5cccc(-c6cccc7c8ccccc8n(CC)c67)c5cc34)c21. The zero-order valence-electron chi connectivity index (χ0n) is 30.5. The zero-order chi connectivity index (χ0) is 35.9. The first-order valence-corrected chi connectivity index (χ1v) is 19.2. The Hall–Kier alpha value is -6.64. The molecule has 0 bridgehead atoms. The predicted molar refractivity (Wildman–Crippen MR) is 233 cm³/mol. The number of hydrogen-bond donors (Lipinski definition) is 0. The molecule has 0 amide bonds. The summed E-state index contributed by atoms with van der Waals surface area (Å²) >= 11 is 0. The summed E-state index contributed by atoms with van der Waals surface area (Å²) < 4.78 is 5.00. The molecule has 0 aliphatic carbocycles. The van der Waals surface area contributed by atoms with Crippen molar-refractivity contribution in [1.82, 2.24) is 9.13 Å². The molecule has 2 heterocycles. The second kappa shape index (κ2) is 11.9. The van der Waals surface area contributed by atoms with Crippen molar-refractivity contribution in [1.29, 1.82) is 0 Å². The quantitative estimate of drug-likeness (QED) is 0.159. The van der Waals surface area contributed by atoms with E-state index >= 15 is 0 Å². The van der Waals surface area contributed by atoms with E-state index in [0.717, 1.165) is 13.1 Å². The number of para-hydroxylation sites is 4. The number of rotatable bonds is 5. The minimum atomic E-state index is 0.899. The van der Waals surface area contributed by atoms with Gasteiger partial charge in [-0.25, -0.2) is 0 Å². The Morgan fingerprint density at radius 3 is 1.31 bits per heavy atom. The molecule has 54 heavy (non-hydrogen) atoms. The standard InChI is InChI=1S/C52H38N2/c1-3-53-48-27-9-7-17-38(48)44-25-13-23-42(51(44)53)36-19-11-21-40-46(36)32-47-37(43-24-14-26-45-39-18-8-10-28-49(39)54(4-2)52(43)45)20-12-22-41(47)50(40)35-30-29-33-15-5-6-16-34(33)31-35/h5-32H,3-4H2,1-2H3. The van der Waals surface area contributed by atoms with Crippen LogP contribution in [-0.4, -0.2) is 9.13 Å². The summed E-state index contributed by atoms with van der Waals surface area (Å²) in [5.74, 6) is 0. The van der Waals surface area contributed by atoms with Gasteiger partial charge < -0.3 is 9.13 Å². The first kappa shape index (κ1) is 30.9. The molecule has 2 nitrogen and oxygen atoms in total. The number of nitrogens with zero attached hydrogens (tertiary/aromatic N) is 2. The number of aryl methyl sites for hydroxylation is 2. The van der Waals surface area contributed by atoms with Crippen LogP contribution in [0.3, 0.4) is 0 Å². The Bertz CT molecular complexity index is 3120. The van der Waals surface area contributed by atoms with Crippen LogP contribution in [0.2, 0.25) is 0 Å². The smallest absolute Gasteiger partial charge is 0.0571 e. The zero-order valence-corrected chi connectivity index (χ0v) is 30.5. The van der Waals surface area contributed by atoms with Crippen molar-refractivity contribution < 1.29 is 0 Å². The molecule has 0 unspecified atom stereocenters. The maximum Gasteiger partial charge on any atom is 0.0571 e. The Balaban J connectivity index is 1.30. The van der Waals surface area contributed by atoms with Crippen LogP contribution in [-0.2, 0) is 13.1 Å². The fraction of sp³-hybridized carbons (Fsp3) is 0.0769. The molecular formula is C52H38N2. The normalized spacial score (nSPS) is 12.0. The van der Waals surface area contributed by atoms with E-state index in [0.29, 0.717) is 0 Å². The van der Waals surface area contributed by atoms with Crippen molar-refractivity contribution in [2.24, 2.45) is 0 Å². The fourth-order valence-corrected chi connectivity index (χ4v) is 9.60. The lowest BCUT2D eigenvalue weighted by Gasteiger charge is -2.19. The summed E-state index contributed by atoms with van der Waals surface area (Å²) in [6, 6.07) is 63.5. The van der Waals surface area contributed by atoms with Crippen molar-refractivity contribution in [2.75, 3.05) is 0 Å². The first-order chi connectivity index (χ1) is 26.7. The van der Waals surface area contributed by atoms with Gasteiger partial charge in [-0.1, -0.05) is 146 Å². The number of benzene rings is 9. The average Bonchev–Trinajstić information content (AvgIpc) is 3.74. The van der Waals surface area contributed by atoms with Gasteiger partial charge in [-0.15, -0.1) is 0 Å².